The lowest BCUT2D eigenvalue weighted by atomic mass is 10.1. The minimum atomic E-state index is -0.437. The van der Waals surface area contributed by atoms with Crippen LogP contribution in [0.15, 0.2) is 61.2 Å². The van der Waals surface area contributed by atoms with Crippen LogP contribution in [0.1, 0.15) is 10.5 Å². The maximum Gasteiger partial charge on any atom is 0.277 e. The number of hydrogen-bond acceptors (Lipinski definition) is 5. The van der Waals surface area contributed by atoms with E-state index in [1.54, 1.807) is 30.3 Å². The Kier molecular flexibility index (Phi) is 3.62. The first-order valence-electron chi connectivity index (χ1n) is 7.39. The molecule has 4 rings (SSSR count). The summed E-state index contributed by atoms with van der Waals surface area (Å²) >= 11 is 0. The molecule has 0 atom stereocenters. The Labute approximate surface area is 141 Å². The van der Waals surface area contributed by atoms with Crippen molar-refractivity contribution in [2.75, 3.05) is 5.32 Å². The molecule has 0 aliphatic rings. The second-order valence-corrected chi connectivity index (χ2v) is 5.16. The van der Waals surface area contributed by atoms with E-state index in [2.05, 4.69) is 25.4 Å². The number of nitrogens with one attached hydrogen (secondary N) is 1. The Balaban J connectivity index is 1.72. The first-order chi connectivity index (χ1) is 12.2. The molecule has 0 aliphatic carbocycles. The van der Waals surface area contributed by atoms with Gasteiger partial charge in [-0.05, 0) is 24.3 Å². The number of nitrogens with zero attached hydrogens (tertiary/aromatic N) is 5. The standard InChI is InChI=1S/C17H11FN6O/c18-12-4-2-1-3-11(12)13-5-6-15-21-10-16(24(15)23-13)22-17(25)14-9-19-7-8-20-14/h1-10H,(H,22,25). The van der Waals surface area contributed by atoms with Crippen LogP contribution in [0.2, 0.25) is 0 Å². The van der Waals surface area contributed by atoms with Crippen molar-refractivity contribution in [2.24, 2.45) is 0 Å². The summed E-state index contributed by atoms with van der Waals surface area (Å²) in [6, 6.07) is 9.72. The Morgan fingerprint density at radius 1 is 1.04 bits per heavy atom. The monoisotopic (exact) mass is 334 g/mol. The van der Waals surface area contributed by atoms with E-state index in [0.29, 0.717) is 22.7 Å². The summed E-state index contributed by atoms with van der Waals surface area (Å²) in [6.45, 7) is 0. The maximum absolute atomic E-state index is 14.0. The second kappa shape index (κ2) is 6.08. The molecule has 0 unspecified atom stereocenters. The lowest BCUT2D eigenvalue weighted by molar-refractivity contribution is 0.102. The number of amides is 1. The molecule has 1 N–H and O–H groups in total. The SMILES string of the molecule is O=C(Nc1cnc2ccc(-c3ccccc3F)nn12)c1cnccn1. The smallest absolute Gasteiger partial charge is 0.277 e. The fraction of sp³-hybridized carbons (Fsp3) is 0. The van der Waals surface area contributed by atoms with Gasteiger partial charge in [0.2, 0.25) is 0 Å². The predicted octanol–water partition coefficient (Wildman–Crippen LogP) is 2.58. The van der Waals surface area contributed by atoms with Gasteiger partial charge in [0.25, 0.3) is 5.91 Å². The Morgan fingerprint density at radius 3 is 2.72 bits per heavy atom. The van der Waals surface area contributed by atoms with Crippen LogP contribution in [0, 0.1) is 5.82 Å². The third kappa shape index (κ3) is 2.80. The van der Waals surface area contributed by atoms with Crippen molar-refractivity contribution in [2.45, 2.75) is 0 Å². The van der Waals surface area contributed by atoms with Gasteiger partial charge in [0, 0.05) is 18.0 Å². The van der Waals surface area contributed by atoms with E-state index in [-0.39, 0.29) is 11.5 Å². The van der Waals surface area contributed by atoms with E-state index in [1.807, 2.05) is 0 Å². The van der Waals surface area contributed by atoms with E-state index in [4.69, 9.17) is 0 Å². The number of hydrogen-bond donors (Lipinski definition) is 1. The molecule has 0 saturated heterocycles. The molecule has 0 saturated carbocycles. The van der Waals surface area contributed by atoms with Crippen LogP contribution in [0.5, 0.6) is 0 Å². The molecule has 122 valence electrons. The normalized spacial score (nSPS) is 10.8. The van der Waals surface area contributed by atoms with Gasteiger partial charge in [0.05, 0.1) is 18.1 Å². The van der Waals surface area contributed by atoms with Crippen LogP contribution in [-0.2, 0) is 0 Å². The zero-order chi connectivity index (χ0) is 17.2. The van der Waals surface area contributed by atoms with Gasteiger partial charge in [-0.1, -0.05) is 12.1 Å². The zero-order valence-electron chi connectivity index (χ0n) is 12.8. The molecule has 8 heteroatoms. The molecule has 1 amide bonds. The highest BCUT2D eigenvalue weighted by atomic mass is 19.1. The Bertz CT molecular complexity index is 1060. The average molecular weight is 334 g/mol. The predicted molar refractivity (Wildman–Crippen MR) is 88.4 cm³/mol. The van der Waals surface area contributed by atoms with Crippen LogP contribution in [0.25, 0.3) is 16.9 Å². The van der Waals surface area contributed by atoms with Crippen molar-refractivity contribution in [3.05, 3.63) is 72.7 Å². The fourth-order valence-corrected chi connectivity index (χ4v) is 2.37. The largest absolute Gasteiger partial charge is 0.304 e. The molecule has 4 aromatic rings. The summed E-state index contributed by atoms with van der Waals surface area (Å²) in [4.78, 5) is 24.2. The van der Waals surface area contributed by atoms with E-state index in [1.165, 1.54) is 35.4 Å². The lowest BCUT2D eigenvalue weighted by Crippen LogP contribution is -2.15. The molecule has 3 aromatic heterocycles. The molecular formula is C17H11FN6O. The lowest BCUT2D eigenvalue weighted by Gasteiger charge is -2.06. The van der Waals surface area contributed by atoms with Crippen LogP contribution < -0.4 is 5.32 Å². The zero-order valence-corrected chi connectivity index (χ0v) is 12.8. The van der Waals surface area contributed by atoms with Crippen molar-refractivity contribution < 1.29 is 9.18 Å². The van der Waals surface area contributed by atoms with E-state index >= 15 is 0 Å². The van der Waals surface area contributed by atoms with Gasteiger partial charge in [-0.25, -0.2) is 14.4 Å². The van der Waals surface area contributed by atoms with Crippen LogP contribution in [-0.4, -0.2) is 30.5 Å². The fourth-order valence-electron chi connectivity index (χ4n) is 2.37. The second-order valence-electron chi connectivity index (χ2n) is 5.16. The molecule has 7 nitrogen and oxygen atoms in total. The molecule has 1 aromatic carbocycles. The summed E-state index contributed by atoms with van der Waals surface area (Å²) in [5.74, 6) is -0.462. The quantitative estimate of drug-likeness (QED) is 0.622. The third-order valence-corrected chi connectivity index (χ3v) is 3.55. The van der Waals surface area contributed by atoms with E-state index in [0.717, 1.165) is 0 Å². The van der Waals surface area contributed by atoms with Gasteiger partial charge in [-0.3, -0.25) is 9.78 Å². The summed E-state index contributed by atoms with van der Waals surface area (Å²) in [5.41, 5.74) is 1.49. The molecule has 0 bridgehead atoms. The number of imidazole rings is 1. The summed E-state index contributed by atoms with van der Waals surface area (Å²) < 4.78 is 15.4. The molecule has 0 radical (unpaired) electrons. The van der Waals surface area contributed by atoms with Crippen molar-refractivity contribution >= 4 is 17.4 Å². The first kappa shape index (κ1) is 14.9. The third-order valence-electron chi connectivity index (χ3n) is 3.55. The van der Waals surface area contributed by atoms with Gasteiger partial charge in [0.1, 0.15) is 11.5 Å². The number of carbonyl (C=O) groups is 1. The number of rotatable bonds is 3. The van der Waals surface area contributed by atoms with Gasteiger partial charge in [-0.15, -0.1) is 0 Å². The molecule has 0 spiro atoms. The number of anilines is 1. The molecule has 25 heavy (non-hydrogen) atoms. The van der Waals surface area contributed by atoms with Gasteiger partial charge in [-0.2, -0.15) is 9.61 Å². The minimum absolute atomic E-state index is 0.169. The van der Waals surface area contributed by atoms with E-state index < -0.39 is 5.91 Å². The molecular weight excluding hydrogens is 323 g/mol. The van der Waals surface area contributed by atoms with Gasteiger partial charge in [0.15, 0.2) is 11.5 Å². The van der Waals surface area contributed by atoms with Crippen LogP contribution in [0.3, 0.4) is 0 Å². The number of aromatic nitrogens is 5. The molecule has 0 aliphatic heterocycles. The van der Waals surface area contributed by atoms with Crippen molar-refractivity contribution in [1.82, 2.24) is 24.6 Å². The first-order valence-corrected chi connectivity index (χ1v) is 7.39. The summed E-state index contributed by atoms with van der Waals surface area (Å²) in [5, 5.41) is 7.05. The highest BCUT2D eigenvalue weighted by Crippen LogP contribution is 2.22. The Hall–Kier alpha value is -3.68. The van der Waals surface area contributed by atoms with Crippen LogP contribution in [0.4, 0.5) is 10.2 Å². The van der Waals surface area contributed by atoms with Gasteiger partial charge >= 0.3 is 0 Å². The van der Waals surface area contributed by atoms with Crippen LogP contribution >= 0.6 is 0 Å². The average Bonchev–Trinajstić information content (AvgIpc) is 3.05. The number of carbonyl (C=O) groups excluding carboxylic acids is 1. The minimum Gasteiger partial charge on any atom is -0.304 e. The molecule has 3 heterocycles. The highest BCUT2D eigenvalue weighted by molar-refractivity contribution is 6.02. The summed E-state index contributed by atoms with van der Waals surface area (Å²) in [7, 11) is 0. The maximum atomic E-state index is 14.0. The molecule has 0 fully saturated rings. The highest BCUT2D eigenvalue weighted by Gasteiger charge is 2.13. The van der Waals surface area contributed by atoms with E-state index in [9.17, 15) is 9.18 Å². The van der Waals surface area contributed by atoms with Crippen molar-refractivity contribution in [3.63, 3.8) is 0 Å². The number of benzene rings is 1. The number of halogens is 1. The van der Waals surface area contributed by atoms with Crippen molar-refractivity contribution in [1.29, 1.82) is 0 Å². The number of fused-ring (bicyclic) bond motifs is 1. The van der Waals surface area contributed by atoms with Crippen molar-refractivity contribution in [3.8, 4) is 11.3 Å². The topological polar surface area (TPSA) is 85.1 Å². The Morgan fingerprint density at radius 2 is 1.92 bits per heavy atom. The van der Waals surface area contributed by atoms with Gasteiger partial charge < -0.3 is 5.32 Å². The summed E-state index contributed by atoms with van der Waals surface area (Å²) in [6.07, 6.45) is 5.74.